The van der Waals surface area contributed by atoms with Crippen molar-refractivity contribution in [1.29, 1.82) is 0 Å². The molecule has 0 aromatic heterocycles. The van der Waals surface area contributed by atoms with Crippen molar-refractivity contribution < 1.29 is 8.42 Å². The van der Waals surface area contributed by atoms with Crippen LogP contribution in [-0.4, -0.2) is 50.8 Å². The second-order valence-electron chi connectivity index (χ2n) is 5.97. The molecule has 118 valence electrons. The Kier molecular flexibility index (Phi) is 4.54. The molecule has 0 bridgehead atoms. The third kappa shape index (κ3) is 3.04. The molecule has 1 aliphatic heterocycles. The van der Waals surface area contributed by atoms with Crippen LogP contribution >= 0.6 is 11.6 Å². The van der Waals surface area contributed by atoms with E-state index < -0.39 is 10.0 Å². The van der Waals surface area contributed by atoms with Gasteiger partial charge in [-0.3, -0.25) is 0 Å². The van der Waals surface area contributed by atoms with Crippen molar-refractivity contribution in [1.82, 2.24) is 9.21 Å². The van der Waals surface area contributed by atoms with E-state index in [1.54, 1.807) is 13.0 Å². The highest BCUT2D eigenvalue weighted by Gasteiger charge is 2.38. The lowest BCUT2D eigenvalue weighted by atomic mass is 10.1. The number of benzene rings is 1. The van der Waals surface area contributed by atoms with Crippen molar-refractivity contribution in [2.24, 2.45) is 5.92 Å². The van der Waals surface area contributed by atoms with Gasteiger partial charge in [-0.1, -0.05) is 18.5 Å². The van der Waals surface area contributed by atoms with Crippen molar-refractivity contribution in [2.75, 3.05) is 32.9 Å². The van der Waals surface area contributed by atoms with Crippen LogP contribution in [0.25, 0.3) is 0 Å². The highest BCUT2D eigenvalue weighted by atomic mass is 35.5. The molecule has 1 aliphatic rings. The molecule has 1 aromatic carbocycles. The Bertz CT molecular complexity index is 623. The van der Waals surface area contributed by atoms with Crippen molar-refractivity contribution in [3.8, 4) is 0 Å². The van der Waals surface area contributed by atoms with E-state index in [9.17, 15) is 8.42 Å². The van der Waals surface area contributed by atoms with Crippen LogP contribution in [0.15, 0.2) is 17.0 Å². The number of nitrogens with zero attached hydrogens (tertiary/aromatic N) is 2. The summed E-state index contributed by atoms with van der Waals surface area (Å²) in [5.41, 5.74) is 6.77. The van der Waals surface area contributed by atoms with E-state index in [0.29, 0.717) is 35.3 Å². The summed E-state index contributed by atoms with van der Waals surface area (Å²) in [6, 6.07) is 3.26. The maximum absolute atomic E-state index is 12.8. The molecule has 0 radical (unpaired) electrons. The van der Waals surface area contributed by atoms with Crippen LogP contribution in [0.3, 0.4) is 0 Å². The zero-order valence-electron chi connectivity index (χ0n) is 12.8. The summed E-state index contributed by atoms with van der Waals surface area (Å²) < 4.78 is 27.1. The Morgan fingerprint density at radius 2 is 1.95 bits per heavy atom. The van der Waals surface area contributed by atoms with Gasteiger partial charge < -0.3 is 10.6 Å². The normalized spacial score (nSPS) is 23.9. The molecular weight excluding hydrogens is 310 g/mol. The summed E-state index contributed by atoms with van der Waals surface area (Å²) in [7, 11) is 0.416. The minimum Gasteiger partial charge on any atom is -0.397 e. The molecule has 0 spiro atoms. The molecule has 2 unspecified atom stereocenters. The van der Waals surface area contributed by atoms with Gasteiger partial charge in [0.2, 0.25) is 10.0 Å². The average molecular weight is 332 g/mol. The van der Waals surface area contributed by atoms with Gasteiger partial charge in [0.15, 0.2) is 0 Å². The first-order valence-electron chi connectivity index (χ1n) is 6.86. The number of aryl methyl sites for hydroxylation is 1. The molecule has 1 heterocycles. The SMILES string of the molecule is Cc1cc(S(=O)(=O)N2CC(C)C(N(C)C)C2)cc(N)c1Cl. The van der Waals surface area contributed by atoms with E-state index in [-0.39, 0.29) is 10.9 Å². The van der Waals surface area contributed by atoms with Gasteiger partial charge in [0.25, 0.3) is 0 Å². The van der Waals surface area contributed by atoms with Crippen molar-refractivity contribution in [2.45, 2.75) is 24.8 Å². The van der Waals surface area contributed by atoms with E-state index in [1.807, 2.05) is 14.1 Å². The van der Waals surface area contributed by atoms with Crippen molar-refractivity contribution in [3.05, 3.63) is 22.7 Å². The molecule has 0 aliphatic carbocycles. The van der Waals surface area contributed by atoms with Crippen LogP contribution < -0.4 is 5.73 Å². The van der Waals surface area contributed by atoms with E-state index in [2.05, 4.69) is 11.8 Å². The average Bonchev–Trinajstić information content (AvgIpc) is 2.78. The van der Waals surface area contributed by atoms with E-state index >= 15 is 0 Å². The number of halogens is 1. The van der Waals surface area contributed by atoms with Gasteiger partial charge in [0.1, 0.15) is 0 Å². The molecular formula is C14H22ClN3O2S. The summed E-state index contributed by atoms with van der Waals surface area (Å²) in [5.74, 6) is 0.292. The maximum atomic E-state index is 12.8. The van der Waals surface area contributed by atoms with Crippen LogP contribution in [-0.2, 0) is 10.0 Å². The highest BCUT2D eigenvalue weighted by Crippen LogP contribution is 2.31. The summed E-state index contributed by atoms with van der Waals surface area (Å²) >= 11 is 6.01. The van der Waals surface area contributed by atoms with Gasteiger partial charge in [0, 0.05) is 19.1 Å². The van der Waals surface area contributed by atoms with E-state index in [0.717, 1.165) is 0 Å². The lowest BCUT2D eigenvalue weighted by Gasteiger charge is -2.22. The minimum absolute atomic E-state index is 0.216. The van der Waals surface area contributed by atoms with Crippen molar-refractivity contribution >= 4 is 27.3 Å². The van der Waals surface area contributed by atoms with Gasteiger partial charge in [0.05, 0.1) is 15.6 Å². The number of sulfonamides is 1. The number of nitrogens with two attached hydrogens (primary N) is 1. The molecule has 2 N–H and O–H groups in total. The van der Waals surface area contributed by atoms with Gasteiger partial charge in [-0.15, -0.1) is 0 Å². The molecule has 5 nitrogen and oxygen atoms in total. The van der Waals surface area contributed by atoms with Gasteiger partial charge in [-0.05, 0) is 44.6 Å². The van der Waals surface area contributed by atoms with Gasteiger partial charge >= 0.3 is 0 Å². The Balaban J connectivity index is 2.36. The quantitative estimate of drug-likeness (QED) is 0.858. The topological polar surface area (TPSA) is 66.6 Å². The van der Waals surface area contributed by atoms with E-state index in [1.165, 1.54) is 10.4 Å². The monoisotopic (exact) mass is 331 g/mol. The molecule has 21 heavy (non-hydrogen) atoms. The zero-order valence-corrected chi connectivity index (χ0v) is 14.4. The summed E-state index contributed by atoms with van der Waals surface area (Å²) in [6.45, 7) is 4.85. The Labute approximate surface area is 131 Å². The first kappa shape index (κ1) is 16.5. The first-order chi connectivity index (χ1) is 9.64. The molecule has 0 amide bonds. The molecule has 1 aromatic rings. The third-order valence-electron chi connectivity index (χ3n) is 4.10. The number of likely N-dealkylation sites (N-methyl/N-ethyl adjacent to an activating group) is 1. The predicted molar refractivity (Wildman–Crippen MR) is 86.0 cm³/mol. The highest BCUT2D eigenvalue weighted by molar-refractivity contribution is 7.89. The zero-order chi connectivity index (χ0) is 15.9. The van der Waals surface area contributed by atoms with E-state index in [4.69, 9.17) is 17.3 Å². The number of anilines is 1. The molecule has 0 saturated carbocycles. The molecule has 1 fully saturated rings. The summed E-state index contributed by atoms with van der Waals surface area (Å²) in [6.07, 6.45) is 0. The fourth-order valence-electron chi connectivity index (χ4n) is 2.84. The second-order valence-corrected chi connectivity index (χ2v) is 8.29. The third-order valence-corrected chi connectivity index (χ3v) is 6.42. The minimum atomic E-state index is -3.53. The number of rotatable bonds is 3. The van der Waals surface area contributed by atoms with Crippen LogP contribution in [0.2, 0.25) is 5.02 Å². The second kappa shape index (κ2) is 5.76. The summed E-state index contributed by atoms with van der Waals surface area (Å²) in [5, 5.41) is 0.412. The molecule has 7 heteroatoms. The van der Waals surface area contributed by atoms with Crippen LogP contribution in [0.4, 0.5) is 5.69 Å². The standard InChI is InChI=1S/C14H22ClN3O2S/c1-9-5-11(6-12(16)14(9)15)21(19,20)18-7-10(2)13(8-18)17(3)4/h5-6,10,13H,7-8,16H2,1-4H3. The number of nitrogen functional groups attached to an aromatic ring is 1. The van der Waals surface area contributed by atoms with Crippen LogP contribution in [0.5, 0.6) is 0 Å². The fourth-order valence-corrected chi connectivity index (χ4v) is 4.62. The predicted octanol–water partition coefficient (Wildman–Crippen LogP) is 1.80. The number of hydrogen-bond acceptors (Lipinski definition) is 4. The van der Waals surface area contributed by atoms with Crippen LogP contribution in [0, 0.1) is 12.8 Å². The molecule has 1 saturated heterocycles. The molecule has 2 atom stereocenters. The molecule has 2 rings (SSSR count). The summed E-state index contributed by atoms with van der Waals surface area (Å²) in [4.78, 5) is 2.29. The Morgan fingerprint density at radius 1 is 1.33 bits per heavy atom. The van der Waals surface area contributed by atoms with Gasteiger partial charge in [-0.25, -0.2) is 8.42 Å². The largest absolute Gasteiger partial charge is 0.397 e. The lowest BCUT2D eigenvalue weighted by Crippen LogP contribution is -2.35. The maximum Gasteiger partial charge on any atom is 0.243 e. The van der Waals surface area contributed by atoms with Crippen LogP contribution in [0.1, 0.15) is 12.5 Å². The Morgan fingerprint density at radius 3 is 2.43 bits per heavy atom. The van der Waals surface area contributed by atoms with Gasteiger partial charge in [-0.2, -0.15) is 4.31 Å². The lowest BCUT2D eigenvalue weighted by molar-refractivity contribution is 0.263. The van der Waals surface area contributed by atoms with Crippen molar-refractivity contribution in [3.63, 3.8) is 0 Å². The Hall–Kier alpha value is -0.820. The first-order valence-corrected chi connectivity index (χ1v) is 8.68. The number of hydrogen-bond donors (Lipinski definition) is 1. The smallest absolute Gasteiger partial charge is 0.243 e. The fraction of sp³-hybridized carbons (Fsp3) is 0.571.